The molecule has 7 nitrogen and oxygen atoms in total. The van der Waals surface area contributed by atoms with Crippen molar-refractivity contribution in [2.75, 3.05) is 5.73 Å². The van der Waals surface area contributed by atoms with Crippen LogP contribution in [-0.4, -0.2) is 29.7 Å². The third kappa shape index (κ3) is 3.14. The Morgan fingerprint density at radius 2 is 1.77 bits per heavy atom. The van der Waals surface area contributed by atoms with Gasteiger partial charge in [-0.2, -0.15) is 5.10 Å². The third-order valence-electron chi connectivity index (χ3n) is 4.76. The Balaban J connectivity index is 1.60. The van der Waals surface area contributed by atoms with Crippen molar-refractivity contribution in [2.45, 2.75) is 6.54 Å². The van der Waals surface area contributed by atoms with Gasteiger partial charge in [0, 0.05) is 35.1 Å². The summed E-state index contributed by atoms with van der Waals surface area (Å²) >= 11 is 0. The number of rotatable bonds is 4. The summed E-state index contributed by atoms with van der Waals surface area (Å²) in [7, 11) is 0. The molecule has 5 rings (SSSR count). The van der Waals surface area contributed by atoms with E-state index < -0.39 is 0 Å². The van der Waals surface area contributed by atoms with Gasteiger partial charge >= 0.3 is 0 Å². The summed E-state index contributed by atoms with van der Waals surface area (Å²) in [6.07, 6.45) is 6.67. The van der Waals surface area contributed by atoms with Crippen LogP contribution in [0.3, 0.4) is 0 Å². The summed E-state index contributed by atoms with van der Waals surface area (Å²) in [6.45, 7) is 0.247. The number of nitrogen functional groups attached to an aromatic ring is 1. The molecule has 0 bridgehead atoms. The van der Waals surface area contributed by atoms with Crippen molar-refractivity contribution >= 4 is 16.9 Å². The normalized spacial score (nSPS) is 11.1. The zero-order valence-electron chi connectivity index (χ0n) is 15.8. The molecular formula is C22H16FN7. The summed E-state index contributed by atoms with van der Waals surface area (Å²) < 4.78 is 15.8. The Morgan fingerprint density at radius 3 is 2.57 bits per heavy atom. The average molecular weight is 397 g/mol. The average Bonchev–Trinajstić information content (AvgIpc) is 3.14. The molecule has 2 N–H and O–H groups in total. The molecule has 0 amide bonds. The summed E-state index contributed by atoms with van der Waals surface area (Å²) in [4.78, 5) is 17.5. The van der Waals surface area contributed by atoms with Crippen molar-refractivity contribution in [3.63, 3.8) is 0 Å². The Hall–Kier alpha value is -4.20. The SMILES string of the molecule is Nc1nc(-c2nn(Cc3ccccc3F)c3ncccc23)cnc1-c1cccnc1. The van der Waals surface area contributed by atoms with Gasteiger partial charge in [-0.15, -0.1) is 0 Å². The number of nitrogens with two attached hydrogens (primary N) is 1. The first-order valence-electron chi connectivity index (χ1n) is 9.29. The van der Waals surface area contributed by atoms with E-state index in [2.05, 4.69) is 25.0 Å². The molecule has 0 radical (unpaired) electrons. The van der Waals surface area contributed by atoms with Gasteiger partial charge in [0.05, 0.1) is 12.7 Å². The Bertz CT molecular complexity index is 1350. The summed E-state index contributed by atoms with van der Waals surface area (Å²) in [5.41, 5.74) is 9.79. The van der Waals surface area contributed by atoms with Crippen molar-refractivity contribution < 1.29 is 4.39 Å². The highest BCUT2D eigenvalue weighted by molar-refractivity contribution is 5.90. The molecule has 8 heteroatoms. The summed E-state index contributed by atoms with van der Waals surface area (Å²) in [6, 6.07) is 14.0. The fourth-order valence-electron chi connectivity index (χ4n) is 3.34. The summed E-state index contributed by atoms with van der Waals surface area (Å²) in [5.74, 6) is -0.00955. The molecule has 0 aliphatic carbocycles. The van der Waals surface area contributed by atoms with Crippen LogP contribution in [-0.2, 0) is 6.54 Å². The van der Waals surface area contributed by atoms with Crippen molar-refractivity contribution in [1.29, 1.82) is 0 Å². The second-order valence-electron chi connectivity index (χ2n) is 6.70. The number of nitrogens with zero attached hydrogens (tertiary/aromatic N) is 6. The van der Waals surface area contributed by atoms with E-state index in [0.717, 1.165) is 10.9 Å². The van der Waals surface area contributed by atoms with Gasteiger partial charge in [0.25, 0.3) is 0 Å². The Morgan fingerprint density at radius 1 is 0.900 bits per heavy atom. The largest absolute Gasteiger partial charge is 0.382 e. The van der Waals surface area contributed by atoms with E-state index in [9.17, 15) is 4.39 Å². The maximum Gasteiger partial charge on any atom is 0.158 e. The first-order valence-corrected chi connectivity index (χ1v) is 9.29. The van der Waals surface area contributed by atoms with E-state index in [1.807, 2.05) is 24.3 Å². The van der Waals surface area contributed by atoms with Crippen LogP contribution < -0.4 is 5.73 Å². The number of aromatic nitrogens is 6. The lowest BCUT2D eigenvalue weighted by atomic mass is 10.2. The van der Waals surface area contributed by atoms with Gasteiger partial charge < -0.3 is 5.73 Å². The lowest BCUT2D eigenvalue weighted by Crippen LogP contribution is -2.05. The molecule has 4 heterocycles. The van der Waals surface area contributed by atoms with Crippen molar-refractivity contribution in [3.05, 3.63) is 84.7 Å². The maximum absolute atomic E-state index is 14.2. The van der Waals surface area contributed by atoms with E-state index in [4.69, 9.17) is 5.73 Å². The zero-order valence-corrected chi connectivity index (χ0v) is 15.8. The van der Waals surface area contributed by atoms with Crippen LogP contribution in [0.25, 0.3) is 33.7 Å². The molecule has 1 aromatic carbocycles. The first kappa shape index (κ1) is 17.9. The molecule has 0 unspecified atom stereocenters. The van der Waals surface area contributed by atoms with Crippen LogP contribution in [0.1, 0.15) is 5.56 Å². The van der Waals surface area contributed by atoms with Crippen molar-refractivity contribution in [2.24, 2.45) is 0 Å². The molecule has 0 atom stereocenters. The van der Waals surface area contributed by atoms with Gasteiger partial charge in [-0.3, -0.25) is 4.98 Å². The monoisotopic (exact) mass is 397 g/mol. The number of pyridine rings is 2. The third-order valence-corrected chi connectivity index (χ3v) is 4.76. The minimum Gasteiger partial charge on any atom is -0.382 e. The van der Waals surface area contributed by atoms with Crippen LogP contribution in [0.5, 0.6) is 0 Å². The molecule has 0 saturated carbocycles. The van der Waals surface area contributed by atoms with Crippen LogP contribution in [0, 0.1) is 5.82 Å². The number of halogens is 1. The minimum atomic E-state index is -0.288. The maximum atomic E-state index is 14.2. The lowest BCUT2D eigenvalue weighted by Gasteiger charge is -2.05. The second-order valence-corrected chi connectivity index (χ2v) is 6.70. The highest BCUT2D eigenvalue weighted by Crippen LogP contribution is 2.29. The number of hydrogen-bond donors (Lipinski definition) is 1. The summed E-state index contributed by atoms with van der Waals surface area (Å²) in [5, 5.41) is 5.45. The molecular weight excluding hydrogens is 381 g/mol. The molecule has 4 aromatic heterocycles. The van der Waals surface area contributed by atoms with Gasteiger partial charge in [-0.1, -0.05) is 18.2 Å². The molecule has 146 valence electrons. The predicted octanol–water partition coefficient (Wildman–Crippen LogP) is 3.72. The topological polar surface area (TPSA) is 95.4 Å². The molecule has 0 aliphatic heterocycles. The van der Waals surface area contributed by atoms with Crippen LogP contribution in [0.15, 0.2) is 73.3 Å². The van der Waals surface area contributed by atoms with Crippen molar-refractivity contribution in [1.82, 2.24) is 29.7 Å². The van der Waals surface area contributed by atoms with Gasteiger partial charge in [0.15, 0.2) is 11.5 Å². The molecule has 0 saturated heterocycles. The smallest absolute Gasteiger partial charge is 0.158 e. The highest BCUT2D eigenvalue weighted by Gasteiger charge is 2.17. The second kappa shape index (κ2) is 7.32. The van der Waals surface area contributed by atoms with E-state index in [1.165, 1.54) is 6.07 Å². The van der Waals surface area contributed by atoms with E-state index in [-0.39, 0.29) is 18.2 Å². The van der Waals surface area contributed by atoms with Crippen LogP contribution in [0.2, 0.25) is 0 Å². The Labute approximate surface area is 171 Å². The zero-order chi connectivity index (χ0) is 20.5. The van der Waals surface area contributed by atoms with Gasteiger partial charge in [-0.05, 0) is 30.3 Å². The minimum absolute atomic E-state index is 0.247. The first-order chi connectivity index (χ1) is 14.7. The molecule has 0 fully saturated rings. The number of benzene rings is 1. The number of fused-ring (bicyclic) bond motifs is 1. The molecule has 5 aromatic rings. The predicted molar refractivity (Wildman–Crippen MR) is 112 cm³/mol. The van der Waals surface area contributed by atoms with Gasteiger partial charge in [0.2, 0.25) is 0 Å². The molecule has 0 aliphatic rings. The molecule has 30 heavy (non-hydrogen) atoms. The van der Waals surface area contributed by atoms with Crippen LogP contribution >= 0.6 is 0 Å². The number of hydrogen-bond acceptors (Lipinski definition) is 6. The lowest BCUT2D eigenvalue weighted by molar-refractivity contribution is 0.589. The fraction of sp³-hybridized carbons (Fsp3) is 0.0455. The molecule has 0 spiro atoms. The van der Waals surface area contributed by atoms with Crippen molar-refractivity contribution in [3.8, 4) is 22.6 Å². The fourth-order valence-corrected chi connectivity index (χ4v) is 3.34. The quantitative estimate of drug-likeness (QED) is 0.497. The van der Waals surface area contributed by atoms with Crippen LogP contribution in [0.4, 0.5) is 10.2 Å². The van der Waals surface area contributed by atoms with E-state index >= 15 is 0 Å². The number of anilines is 1. The highest BCUT2D eigenvalue weighted by atomic mass is 19.1. The van der Waals surface area contributed by atoms with E-state index in [0.29, 0.717) is 28.3 Å². The Kier molecular flexibility index (Phi) is 4.36. The van der Waals surface area contributed by atoms with E-state index in [1.54, 1.807) is 47.7 Å². The standard InChI is InChI=1S/C22H16FN7/c23-17-8-2-1-5-15(17)13-30-22-16(7-4-10-26-22)20(29-30)18-12-27-19(21(24)28-18)14-6-3-9-25-11-14/h1-12H,13H2,(H2,24,28). The van der Waals surface area contributed by atoms with Gasteiger partial charge in [-0.25, -0.2) is 24.0 Å². The van der Waals surface area contributed by atoms with Gasteiger partial charge in [0.1, 0.15) is 22.9 Å².